The van der Waals surface area contributed by atoms with Gasteiger partial charge in [-0.15, -0.1) is 0 Å². The highest BCUT2D eigenvalue weighted by Crippen LogP contribution is 2.49. The average molecular weight is 332 g/mol. The summed E-state index contributed by atoms with van der Waals surface area (Å²) in [7, 11) is -1.86. The van der Waals surface area contributed by atoms with Gasteiger partial charge in [-0.05, 0) is 18.8 Å². The van der Waals surface area contributed by atoms with E-state index in [2.05, 4.69) is 0 Å². The van der Waals surface area contributed by atoms with E-state index in [0.29, 0.717) is 24.8 Å². The van der Waals surface area contributed by atoms with Crippen LogP contribution in [0.25, 0.3) is 0 Å². The standard InChI is InChI=1S/C15H24O6S/c1-6-8-10-12(16)14(21-5)11(9(3)7-2)15(13(10)20-4)22(17,18)19/h9,16H,6-8H2,1-5H3,(H,17,18,19). The van der Waals surface area contributed by atoms with Crippen molar-refractivity contribution in [1.82, 2.24) is 0 Å². The number of hydrogen-bond donors (Lipinski definition) is 2. The normalized spacial score (nSPS) is 13.0. The van der Waals surface area contributed by atoms with Gasteiger partial charge < -0.3 is 14.6 Å². The molecule has 0 aliphatic rings. The van der Waals surface area contributed by atoms with Crippen LogP contribution < -0.4 is 9.47 Å². The maximum atomic E-state index is 11.9. The third kappa shape index (κ3) is 3.30. The fourth-order valence-electron chi connectivity index (χ4n) is 2.55. The van der Waals surface area contributed by atoms with Crippen molar-refractivity contribution in [3.05, 3.63) is 11.1 Å². The number of benzene rings is 1. The molecule has 1 aromatic carbocycles. The molecule has 0 aliphatic heterocycles. The Balaban J connectivity index is 4.01. The molecule has 0 spiro atoms. The van der Waals surface area contributed by atoms with E-state index >= 15 is 0 Å². The molecule has 2 N–H and O–H groups in total. The molecular weight excluding hydrogens is 308 g/mol. The van der Waals surface area contributed by atoms with Crippen molar-refractivity contribution in [2.45, 2.75) is 50.8 Å². The zero-order valence-electron chi connectivity index (χ0n) is 13.6. The summed E-state index contributed by atoms with van der Waals surface area (Å²) in [6.45, 7) is 5.56. The summed E-state index contributed by atoms with van der Waals surface area (Å²) in [5, 5.41) is 10.5. The van der Waals surface area contributed by atoms with E-state index in [1.807, 2.05) is 13.8 Å². The highest BCUT2D eigenvalue weighted by molar-refractivity contribution is 7.86. The zero-order valence-corrected chi connectivity index (χ0v) is 14.5. The fourth-order valence-corrected chi connectivity index (χ4v) is 3.56. The molecule has 0 bridgehead atoms. The molecule has 0 fully saturated rings. The lowest BCUT2D eigenvalue weighted by atomic mass is 9.93. The minimum absolute atomic E-state index is 0.0158. The maximum absolute atomic E-state index is 11.9. The molecule has 126 valence electrons. The van der Waals surface area contributed by atoms with Crippen LogP contribution in [-0.2, 0) is 16.5 Å². The smallest absolute Gasteiger partial charge is 0.298 e. The van der Waals surface area contributed by atoms with Crippen LogP contribution in [0.2, 0.25) is 0 Å². The largest absolute Gasteiger partial charge is 0.504 e. The summed E-state index contributed by atoms with van der Waals surface area (Å²) in [6, 6.07) is 0. The quantitative estimate of drug-likeness (QED) is 0.745. The van der Waals surface area contributed by atoms with Gasteiger partial charge in [0.05, 0.1) is 14.2 Å². The van der Waals surface area contributed by atoms with Crippen LogP contribution in [0.3, 0.4) is 0 Å². The summed E-state index contributed by atoms with van der Waals surface area (Å²) in [5.74, 6) is -0.324. The number of phenols is 1. The van der Waals surface area contributed by atoms with Gasteiger partial charge in [0.15, 0.2) is 11.5 Å². The van der Waals surface area contributed by atoms with Gasteiger partial charge in [-0.1, -0.05) is 27.2 Å². The minimum Gasteiger partial charge on any atom is -0.504 e. The van der Waals surface area contributed by atoms with Crippen LogP contribution in [0, 0.1) is 0 Å². The first-order valence-corrected chi connectivity index (χ1v) is 8.65. The van der Waals surface area contributed by atoms with Crippen LogP contribution in [0.15, 0.2) is 4.90 Å². The number of ether oxygens (including phenoxy) is 2. The van der Waals surface area contributed by atoms with Gasteiger partial charge >= 0.3 is 0 Å². The predicted molar refractivity (Wildman–Crippen MR) is 83.7 cm³/mol. The van der Waals surface area contributed by atoms with Crippen molar-refractivity contribution in [2.75, 3.05) is 14.2 Å². The van der Waals surface area contributed by atoms with Crippen molar-refractivity contribution in [3.63, 3.8) is 0 Å². The first-order chi connectivity index (χ1) is 10.2. The Morgan fingerprint density at radius 3 is 2.05 bits per heavy atom. The Labute approximate surface area is 131 Å². The Morgan fingerprint density at radius 2 is 1.68 bits per heavy atom. The van der Waals surface area contributed by atoms with Crippen LogP contribution in [0.5, 0.6) is 17.2 Å². The highest BCUT2D eigenvalue weighted by atomic mass is 32.2. The second-order valence-corrected chi connectivity index (χ2v) is 6.53. The molecule has 0 aromatic heterocycles. The van der Waals surface area contributed by atoms with Gasteiger partial charge in [-0.2, -0.15) is 8.42 Å². The van der Waals surface area contributed by atoms with Crippen molar-refractivity contribution in [2.24, 2.45) is 0 Å². The fraction of sp³-hybridized carbons (Fsp3) is 0.600. The van der Waals surface area contributed by atoms with E-state index in [1.165, 1.54) is 14.2 Å². The zero-order chi connectivity index (χ0) is 17.1. The third-order valence-corrected chi connectivity index (χ3v) is 4.66. The van der Waals surface area contributed by atoms with E-state index in [9.17, 15) is 18.1 Å². The second kappa shape index (κ2) is 7.19. The minimum atomic E-state index is -4.54. The van der Waals surface area contributed by atoms with Crippen LogP contribution >= 0.6 is 0 Å². The Kier molecular flexibility index (Phi) is 6.08. The Morgan fingerprint density at radius 1 is 1.14 bits per heavy atom. The van der Waals surface area contributed by atoms with Gasteiger partial charge in [0, 0.05) is 11.1 Å². The topological polar surface area (TPSA) is 93.1 Å². The monoisotopic (exact) mass is 332 g/mol. The number of phenolic OH excluding ortho intramolecular Hbond substituents is 1. The molecule has 1 aromatic rings. The molecule has 0 radical (unpaired) electrons. The summed E-state index contributed by atoms with van der Waals surface area (Å²) >= 11 is 0. The number of rotatable bonds is 7. The number of hydrogen-bond acceptors (Lipinski definition) is 5. The van der Waals surface area contributed by atoms with E-state index < -0.39 is 10.1 Å². The molecule has 1 atom stereocenters. The third-order valence-electron chi connectivity index (χ3n) is 3.74. The lowest BCUT2D eigenvalue weighted by Crippen LogP contribution is -2.12. The molecule has 1 rings (SSSR count). The first kappa shape index (κ1) is 18.6. The van der Waals surface area contributed by atoms with Crippen molar-refractivity contribution >= 4 is 10.1 Å². The molecule has 22 heavy (non-hydrogen) atoms. The average Bonchev–Trinajstić information content (AvgIpc) is 2.46. The first-order valence-electron chi connectivity index (χ1n) is 7.21. The Bertz CT molecular complexity index is 636. The van der Waals surface area contributed by atoms with Crippen LogP contribution in [0.4, 0.5) is 0 Å². The van der Waals surface area contributed by atoms with Gasteiger partial charge in [-0.25, -0.2) is 0 Å². The molecule has 0 aliphatic carbocycles. The molecule has 7 heteroatoms. The lowest BCUT2D eigenvalue weighted by Gasteiger charge is -2.23. The Hall–Kier alpha value is -1.47. The van der Waals surface area contributed by atoms with Gasteiger partial charge in [0.1, 0.15) is 10.6 Å². The van der Waals surface area contributed by atoms with Gasteiger partial charge in [-0.3, -0.25) is 4.55 Å². The van der Waals surface area contributed by atoms with Crippen molar-refractivity contribution < 1.29 is 27.6 Å². The molecule has 0 heterocycles. The highest BCUT2D eigenvalue weighted by Gasteiger charge is 2.33. The number of methoxy groups -OCH3 is 2. The van der Waals surface area contributed by atoms with Crippen LogP contribution in [0.1, 0.15) is 50.7 Å². The summed E-state index contributed by atoms with van der Waals surface area (Å²) < 4.78 is 44.0. The summed E-state index contributed by atoms with van der Waals surface area (Å²) in [5.41, 5.74) is 0.559. The van der Waals surface area contributed by atoms with Crippen LogP contribution in [-0.4, -0.2) is 32.3 Å². The van der Waals surface area contributed by atoms with Gasteiger partial charge in [0.25, 0.3) is 10.1 Å². The predicted octanol–water partition coefficient (Wildman–Crippen LogP) is 3.12. The lowest BCUT2D eigenvalue weighted by molar-refractivity contribution is 0.343. The number of aromatic hydroxyl groups is 1. The summed E-state index contributed by atoms with van der Waals surface area (Å²) in [6.07, 6.45) is 1.67. The molecular formula is C15H24O6S. The van der Waals surface area contributed by atoms with Crippen molar-refractivity contribution in [1.29, 1.82) is 0 Å². The van der Waals surface area contributed by atoms with Gasteiger partial charge in [0.2, 0.25) is 0 Å². The SMILES string of the molecule is CCCc1c(O)c(OC)c(C(C)CC)c(S(=O)(=O)O)c1OC. The second-order valence-electron chi connectivity index (χ2n) is 5.17. The molecule has 0 saturated carbocycles. The molecule has 6 nitrogen and oxygen atoms in total. The van der Waals surface area contributed by atoms with E-state index in [4.69, 9.17) is 9.47 Å². The maximum Gasteiger partial charge on any atom is 0.298 e. The van der Waals surface area contributed by atoms with E-state index in [1.54, 1.807) is 6.92 Å². The molecule has 1 unspecified atom stereocenters. The van der Waals surface area contributed by atoms with E-state index in [-0.39, 0.29) is 33.6 Å². The molecule has 0 saturated heterocycles. The molecule has 0 amide bonds. The summed E-state index contributed by atoms with van der Waals surface area (Å²) in [4.78, 5) is -0.317. The van der Waals surface area contributed by atoms with E-state index in [0.717, 1.165) is 0 Å². The van der Waals surface area contributed by atoms with Crippen molar-refractivity contribution in [3.8, 4) is 17.2 Å².